The number of fused-ring (bicyclic) bond motifs is 1. The number of aromatic nitrogens is 2. The van der Waals surface area contributed by atoms with E-state index in [4.69, 9.17) is 14.2 Å². The molecule has 0 spiro atoms. The first-order valence-electron chi connectivity index (χ1n) is 7.46. The molecular weight excluding hydrogens is 296 g/mol. The second-order valence-electron chi connectivity index (χ2n) is 5.66. The number of methoxy groups -OCH3 is 3. The summed E-state index contributed by atoms with van der Waals surface area (Å²) in [6.07, 6.45) is 1.16. The van der Waals surface area contributed by atoms with Crippen molar-refractivity contribution in [1.82, 2.24) is 10.2 Å². The first kappa shape index (κ1) is 15.4. The Hall–Kier alpha value is -2.50. The van der Waals surface area contributed by atoms with Gasteiger partial charge in [-0.2, -0.15) is 5.10 Å². The van der Waals surface area contributed by atoms with Crippen molar-refractivity contribution in [3.8, 4) is 17.2 Å². The first-order valence-corrected chi connectivity index (χ1v) is 7.46. The summed E-state index contributed by atoms with van der Waals surface area (Å²) >= 11 is 0. The molecule has 1 aromatic carbocycles. The van der Waals surface area contributed by atoms with Gasteiger partial charge in [-0.3, -0.25) is 9.89 Å². The van der Waals surface area contributed by atoms with Crippen LogP contribution in [0.25, 0.3) is 0 Å². The van der Waals surface area contributed by atoms with E-state index < -0.39 is 0 Å². The number of hydrogen-bond acceptors (Lipinski definition) is 5. The highest BCUT2D eigenvalue weighted by Gasteiger charge is 2.31. The van der Waals surface area contributed by atoms with Crippen molar-refractivity contribution < 1.29 is 19.0 Å². The van der Waals surface area contributed by atoms with E-state index in [9.17, 15) is 4.79 Å². The van der Waals surface area contributed by atoms with E-state index in [1.165, 1.54) is 0 Å². The molecule has 1 unspecified atom stereocenters. The summed E-state index contributed by atoms with van der Waals surface area (Å²) in [4.78, 5) is 12.4. The highest BCUT2D eigenvalue weighted by atomic mass is 16.5. The molecule has 0 radical (unpaired) electrons. The third kappa shape index (κ3) is 2.54. The Morgan fingerprint density at radius 1 is 1.09 bits per heavy atom. The van der Waals surface area contributed by atoms with E-state index >= 15 is 0 Å². The minimum absolute atomic E-state index is 0.0476. The number of aromatic amines is 1. The lowest BCUT2D eigenvalue weighted by Crippen LogP contribution is -2.19. The molecule has 3 rings (SSSR count). The Morgan fingerprint density at radius 3 is 2.30 bits per heavy atom. The van der Waals surface area contributed by atoms with Crippen molar-refractivity contribution in [2.45, 2.75) is 25.7 Å². The number of Topliss-reactive ketones (excluding diaryl/α,β-unsaturated/α-hetero) is 1. The molecule has 0 saturated carbocycles. The van der Waals surface area contributed by atoms with Gasteiger partial charge < -0.3 is 14.2 Å². The van der Waals surface area contributed by atoms with E-state index in [0.29, 0.717) is 30.1 Å². The SMILES string of the molecule is COc1cc(C2CC(=O)c3c(n[nH]c3C)C2)cc(OC)c1OC. The van der Waals surface area contributed by atoms with Crippen LogP contribution in [-0.4, -0.2) is 37.3 Å². The van der Waals surface area contributed by atoms with E-state index in [-0.39, 0.29) is 11.7 Å². The monoisotopic (exact) mass is 316 g/mol. The number of hydrogen-bond donors (Lipinski definition) is 1. The lowest BCUT2D eigenvalue weighted by atomic mass is 9.81. The van der Waals surface area contributed by atoms with Crippen molar-refractivity contribution >= 4 is 5.78 Å². The van der Waals surface area contributed by atoms with Gasteiger partial charge in [-0.15, -0.1) is 0 Å². The van der Waals surface area contributed by atoms with Crippen LogP contribution < -0.4 is 14.2 Å². The van der Waals surface area contributed by atoms with Crippen molar-refractivity contribution in [3.05, 3.63) is 34.6 Å². The lowest BCUT2D eigenvalue weighted by Gasteiger charge is -2.23. The molecule has 1 aliphatic rings. The summed E-state index contributed by atoms with van der Waals surface area (Å²) in [6.45, 7) is 1.88. The quantitative estimate of drug-likeness (QED) is 0.938. The van der Waals surface area contributed by atoms with Crippen LogP contribution in [0.4, 0.5) is 0 Å². The molecule has 0 bridgehead atoms. The average Bonchev–Trinajstić information content (AvgIpc) is 2.94. The van der Waals surface area contributed by atoms with Crippen LogP contribution in [0.1, 0.15) is 39.6 Å². The first-order chi connectivity index (χ1) is 11.1. The fourth-order valence-corrected chi connectivity index (χ4v) is 3.20. The van der Waals surface area contributed by atoms with Crippen LogP contribution >= 0.6 is 0 Å². The van der Waals surface area contributed by atoms with Gasteiger partial charge in [-0.1, -0.05) is 0 Å². The van der Waals surface area contributed by atoms with Gasteiger partial charge >= 0.3 is 0 Å². The smallest absolute Gasteiger partial charge is 0.203 e. The maximum absolute atomic E-state index is 12.4. The van der Waals surface area contributed by atoms with Gasteiger partial charge in [0.1, 0.15) is 0 Å². The molecule has 2 aromatic rings. The van der Waals surface area contributed by atoms with Gasteiger partial charge in [-0.25, -0.2) is 0 Å². The van der Waals surface area contributed by atoms with Crippen molar-refractivity contribution in [2.75, 3.05) is 21.3 Å². The fraction of sp³-hybridized carbons (Fsp3) is 0.412. The van der Waals surface area contributed by atoms with Gasteiger partial charge in [0.15, 0.2) is 17.3 Å². The van der Waals surface area contributed by atoms with Crippen molar-refractivity contribution in [1.29, 1.82) is 0 Å². The number of ketones is 1. The molecule has 23 heavy (non-hydrogen) atoms. The molecule has 1 heterocycles. The van der Waals surface area contributed by atoms with Crippen LogP contribution in [-0.2, 0) is 6.42 Å². The number of H-pyrrole nitrogens is 1. The standard InChI is InChI=1S/C17H20N2O4/c1-9-16-12(19-18-9)5-10(6-13(16)20)11-7-14(21-2)17(23-4)15(8-11)22-3/h7-8,10H,5-6H2,1-4H3,(H,18,19). The highest BCUT2D eigenvalue weighted by molar-refractivity contribution is 5.99. The molecule has 6 nitrogen and oxygen atoms in total. The molecule has 122 valence electrons. The molecule has 1 N–H and O–H groups in total. The summed E-state index contributed by atoms with van der Waals surface area (Å²) in [5.74, 6) is 1.91. The summed E-state index contributed by atoms with van der Waals surface area (Å²) in [5, 5.41) is 7.17. The van der Waals surface area contributed by atoms with Crippen LogP contribution in [0.15, 0.2) is 12.1 Å². The largest absolute Gasteiger partial charge is 0.493 e. The summed E-state index contributed by atoms with van der Waals surface area (Å²) in [5.41, 5.74) is 3.40. The van der Waals surface area contributed by atoms with Gasteiger partial charge in [0.25, 0.3) is 0 Å². The number of ether oxygens (including phenoxy) is 3. The van der Waals surface area contributed by atoms with Crippen LogP contribution in [0, 0.1) is 6.92 Å². The van der Waals surface area contributed by atoms with Gasteiger partial charge in [0.05, 0.1) is 32.6 Å². The third-order valence-corrected chi connectivity index (χ3v) is 4.33. The Labute approximate surface area is 134 Å². The summed E-state index contributed by atoms with van der Waals surface area (Å²) in [6, 6.07) is 3.81. The number of carbonyl (C=O) groups is 1. The number of nitrogens with zero attached hydrogens (tertiary/aromatic N) is 1. The van der Waals surface area contributed by atoms with Crippen molar-refractivity contribution in [3.63, 3.8) is 0 Å². The molecule has 0 fully saturated rings. The number of rotatable bonds is 4. The topological polar surface area (TPSA) is 73.4 Å². The second-order valence-corrected chi connectivity index (χ2v) is 5.66. The second kappa shape index (κ2) is 5.95. The third-order valence-electron chi connectivity index (χ3n) is 4.33. The molecule has 0 saturated heterocycles. The number of nitrogens with one attached hydrogen (secondary N) is 1. The number of benzene rings is 1. The zero-order valence-electron chi connectivity index (χ0n) is 13.7. The molecule has 6 heteroatoms. The molecular formula is C17H20N2O4. The minimum Gasteiger partial charge on any atom is -0.493 e. The highest BCUT2D eigenvalue weighted by Crippen LogP contribution is 2.42. The van der Waals surface area contributed by atoms with E-state index in [1.807, 2.05) is 19.1 Å². The predicted molar refractivity (Wildman–Crippen MR) is 84.8 cm³/mol. The Morgan fingerprint density at radius 2 is 1.74 bits per heavy atom. The normalized spacial score (nSPS) is 16.9. The van der Waals surface area contributed by atoms with Crippen molar-refractivity contribution in [2.24, 2.45) is 0 Å². The minimum atomic E-state index is 0.0476. The number of aryl methyl sites for hydroxylation is 1. The van der Waals surface area contributed by atoms with Crippen LogP contribution in [0.5, 0.6) is 17.2 Å². The molecule has 1 aliphatic carbocycles. The lowest BCUT2D eigenvalue weighted by molar-refractivity contribution is 0.0963. The molecule has 1 atom stereocenters. The maximum Gasteiger partial charge on any atom is 0.203 e. The Bertz CT molecular complexity index is 726. The van der Waals surface area contributed by atoms with Gasteiger partial charge in [0, 0.05) is 12.1 Å². The molecule has 0 amide bonds. The van der Waals surface area contributed by atoms with E-state index in [0.717, 1.165) is 22.5 Å². The van der Waals surface area contributed by atoms with E-state index in [1.54, 1.807) is 21.3 Å². The van der Waals surface area contributed by atoms with Crippen LogP contribution in [0.2, 0.25) is 0 Å². The predicted octanol–water partition coefficient (Wildman–Crippen LogP) is 2.66. The fourth-order valence-electron chi connectivity index (χ4n) is 3.20. The maximum atomic E-state index is 12.4. The average molecular weight is 316 g/mol. The molecule has 0 aliphatic heterocycles. The van der Waals surface area contributed by atoms with E-state index in [2.05, 4.69) is 10.2 Å². The zero-order chi connectivity index (χ0) is 16.6. The Balaban J connectivity index is 2.01. The zero-order valence-corrected chi connectivity index (χ0v) is 13.7. The molecule has 1 aromatic heterocycles. The summed E-state index contributed by atoms with van der Waals surface area (Å²) in [7, 11) is 4.74. The van der Waals surface area contributed by atoms with Gasteiger partial charge in [-0.05, 0) is 37.0 Å². The summed E-state index contributed by atoms with van der Waals surface area (Å²) < 4.78 is 16.1. The Kier molecular flexibility index (Phi) is 3.98. The van der Waals surface area contributed by atoms with Crippen LogP contribution in [0.3, 0.4) is 0 Å². The number of carbonyl (C=O) groups excluding carboxylic acids is 1. The van der Waals surface area contributed by atoms with Gasteiger partial charge in [0.2, 0.25) is 5.75 Å².